The highest BCUT2D eigenvalue weighted by Gasteiger charge is 2.09. The zero-order valence-corrected chi connectivity index (χ0v) is 11.9. The van der Waals surface area contributed by atoms with Gasteiger partial charge in [-0.2, -0.15) is 0 Å². The lowest BCUT2D eigenvalue weighted by Crippen LogP contribution is -2.22. The number of aliphatic hydroxyl groups is 1. The Hall–Kier alpha value is -2.53. The highest BCUT2D eigenvalue weighted by Crippen LogP contribution is 2.20. The molecule has 0 bridgehead atoms. The molecule has 0 amide bonds. The number of aliphatic hydroxyl groups excluding tert-OH is 1. The zero-order valence-electron chi connectivity index (χ0n) is 11.9. The number of aromatic nitrogens is 2. The van der Waals surface area contributed by atoms with Crippen LogP contribution < -0.4 is 5.32 Å². The van der Waals surface area contributed by atoms with E-state index in [-0.39, 0.29) is 5.82 Å². The molecule has 0 unspecified atom stereocenters. The van der Waals surface area contributed by atoms with Crippen LogP contribution in [0, 0.1) is 5.82 Å². The van der Waals surface area contributed by atoms with E-state index in [0.717, 1.165) is 5.56 Å². The number of hydrogen-bond donors (Lipinski definition) is 2. The summed E-state index contributed by atoms with van der Waals surface area (Å²) < 4.78 is 13.4. The Labute approximate surface area is 127 Å². The smallest absolute Gasteiger partial charge is 0.137 e. The summed E-state index contributed by atoms with van der Waals surface area (Å²) in [6, 6.07) is 14.1. The van der Waals surface area contributed by atoms with E-state index < -0.39 is 6.10 Å². The number of fused-ring (bicyclic) bond motifs is 1. The Morgan fingerprint density at radius 1 is 1.09 bits per heavy atom. The van der Waals surface area contributed by atoms with Crippen molar-refractivity contribution in [3.8, 4) is 0 Å². The Morgan fingerprint density at radius 3 is 2.73 bits per heavy atom. The lowest BCUT2D eigenvalue weighted by atomic mass is 10.1. The minimum atomic E-state index is -0.555. The van der Waals surface area contributed by atoms with Crippen LogP contribution in [-0.2, 0) is 6.42 Å². The first-order valence-electron chi connectivity index (χ1n) is 7.08. The summed E-state index contributed by atoms with van der Waals surface area (Å²) in [6.07, 6.45) is 1.41. The molecule has 2 aromatic carbocycles. The molecule has 1 atom stereocenters. The third-order valence-electron chi connectivity index (χ3n) is 3.42. The van der Waals surface area contributed by atoms with Crippen LogP contribution in [0.15, 0.2) is 54.9 Å². The summed E-state index contributed by atoms with van der Waals surface area (Å²) in [5.74, 6) is 0.187. The standard InChI is InChI=1S/C17H16FN3O/c18-13-6-7-16-15(9-13)17(21-11-20-16)19-10-14(22)8-12-4-2-1-3-5-12/h1-7,9,11,14,22H,8,10H2,(H,19,20,21)/t14-/m0/s1. The van der Waals surface area contributed by atoms with Gasteiger partial charge in [0, 0.05) is 18.4 Å². The second kappa shape index (κ2) is 6.49. The van der Waals surface area contributed by atoms with Gasteiger partial charge in [-0.15, -0.1) is 0 Å². The van der Waals surface area contributed by atoms with Crippen molar-refractivity contribution in [2.75, 3.05) is 11.9 Å². The van der Waals surface area contributed by atoms with E-state index in [2.05, 4.69) is 15.3 Å². The van der Waals surface area contributed by atoms with Gasteiger partial charge in [-0.3, -0.25) is 0 Å². The second-order valence-electron chi connectivity index (χ2n) is 5.11. The van der Waals surface area contributed by atoms with Crippen molar-refractivity contribution in [2.45, 2.75) is 12.5 Å². The topological polar surface area (TPSA) is 58.0 Å². The molecule has 0 aliphatic rings. The van der Waals surface area contributed by atoms with E-state index >= 15 is 0 Å². The molecule has 3 rings (SSSR count). The fourth-order valence-corrected chi connectivity index (χ4v) is 2.34. The number of nitrogens with one attached hydrogen (secondary N) is 1. The van der Waals surface area contributed by atoms with E-state index in [1.54, 1.807) is 6.07 Å². The summed E-state index contributed by atoms with van der Waals surface area (Å²) in [6.45, 7) is 0.331. The van der Waals surface area contributed by atoms with Crippen molar-refractivity contribution < 1.29 is 9.50 Å². The fourth-order valence-electron chi connectivity index (χ4n) is 2.34. The van der Waals surface area contributed by atoms with Gasteiger partial charge >= 0.3 is 0 Å². The first-order chi connectivity index (χ1) is 10.7. The van der Waals surface area contributed by atoms with Crippen molar-refractivity contribution in [1.29, 1.82) is 0 Å². The number of benzene rings is 2. The monoisotopic (exact) mass is 297 g/mol. The second-order valence-corrected chi connectivity index (χ2v) is 5.11. The lowest BCUT2D eigenvalue weighted by molar-refractivity contribution is 0.188. The third-order valence-corrected chi connectivity index (χ3v) is 3.42. The quantitative estimate of drug-likeness (QED) is 0.760. The summed E-state index contributed by atoms with van der Waals surface area (Å²) in [4.78, 5) is 8.22. The average Bonchev–Trinajstić information content (AvgIpc) is 2.54. The SMILES string of the molecule is O[C@H](CNc1ncnc2ccc(F)cc12)Cc1ccccc1. The molecular formula is C17H16FN3O. The molecule has 112 valence electrons. The average molecular weight is 297 g/mol. The van der Waals surface area contributed by atoms with E-state index in [0.29, 0.717) is 29.7 Å². The van der Waals surface area contributed by atoms with Crippen molar-refractivity contribution >= 4 is 16.7 Å². The van der Waals surface area contributed by atoms with Gasteiger partial charge in [-0.1, -0.05) is 30.3 Å². The van der Waals surface area contributed by atoms with Crippen molar-refractivity contribution in [1.82, 2.24) is 9.97 Å². The van der Waals surface area contributed by atoms with Gasteiger partial charge < -0.3 is 10.4 Å². The molecule has 0 spiro atoms. The van der Waals surface area contributed by atoms with Crippen molar-refractivity contribution in [3.63, 3.8) is 0 Å². The van der Waals surface area contributed by atoms with Crippen molar-refractivity contribution in [2.24, 2.45) is 0 Å². The number of halogens is 1. The van der Waals surface area contributed by atoms with Gasteiger partial charge in [0.05, 0.1) is 11.6 Å². The Balaban J connectivity index is 1.70. The van der Waals surface area contributed by atoms with Crippen LogP contribution in [0.1, 0.15) is 5.56 Å². The van der Waals surface area contributed by atoms with Gasteiger partial charge in [0.25, 0.3) is 0 Å². The van der Waals surface area contributed by atoms with E-state index in [4.69, 9.17) is 0 Å². The molecule has 0 saturated heterocycles. The molecule has 0 saturated carbocycles. The molecular weight excluding hydrogens is 281 g/mol. The van der Waals surface area contributed by atoms with Gasteiger partial charge in [0.15, 0.2) is 0 Å². The van der Waals surface area contributed by atoms with E-state index in [1.807, 2.05) is 30.3 Å². The number of anilines is 1. The van der Waals surface area contributed by atoms with E-state index in [9.17, 15) is 9.50 Å². The Kier molecular flexibility index (Phi) is 4.25. The van der Waals surface area contributed by atoms with Gasteiger partial charge in [0.2, 0.25) is 0 Å². The summed E-state index contributed by atoms with van der Waals surface area (Å²) in [5, 5.41) is 13.8. The fraction of sp³-hybridized carbons (Fsp3) is 0.176. The first kappa shape index (κ1) is 14.4. The molecule has 2 N–H and O–H groups in total. The lowest BCUT2D eigenvalue weighted by Gasteiger charge is -2.13. The maximum absolute atomic E-state index is 13.4. The predicted molar refractivity (Wildman–Crippen MR) is 84.1 cm³/mol. The minimum absolute atomic E-state index is 0.331. The van der Waals surface area contributed by atoms with Crippen LogP contribution in [0.2, 0.25) is 0 Å². The van der Waals surface area contributed by atoms with Crippen LogP contribution in [0.5, 0.6) is 0 Å². The van der Waals surface area contributed by atoms with Gasteiger partial charge in [-0.05, 0) is 23.8 Å². The van der Waals surface area contributed by atoms with Crippen LogP contribution in [0.3, 0.4) is 0 Å². The van der Waals surface area contributed by atoms with Crippen molar-refractivity contribution in [3.05, 3.63) is 66.2 Å². The zero-order chi connectivity index (χ0) is 15.4. The Morgan fingerprint density at radius 2 is 1.91 bits per heavy atom. The molecule has 1 heterocycles. The normalized spacial score (nSPS) is 12.3. The Bertz CT molecular complexity index is 764. The summed E-state index contributed by atoms with van der Waals surface area (Å²) >= 11 is 0. The van der Waals surface area contributed by atoms with Gasteiger partial charge in [0.1, 0.15) is 18.0 Å². The van der Waals surface area contributed by atoms with Crippen LogP contribution in [0.4, 0.5) is 10.2 Å². The van der Waals surface area contributed by atoms with Crippen LogP contribution in [0.25, 0.3) is 10.9 Å². The molecule has 0 aliphatic carbocycles. The minimum Gasteiger partial charge on any atom is -0.391 e. The summed E-state index contributed by atoms with van der Waals surface area (Å²) in [5.41, 5.74) is 1.73. The molecule has 5 heteroatoms. The molecule has 0 radical (unpaired) electrons. The highest BCUT2D eigenvalue weighted by molar-refractivity contribution is 5.88. The number of hydrogen-bond acceptors (Lipinski definition) is 4. The number of rotatable bonds is 5. The van der Waals surface area contributed by atoms with Crippen LogP contribution >= 0.6 is 0 Å². The highest BCUT2D eigenvalue weighted by atomic mass is 19.1. The van der Waals surface area contributed by atoms with E-state index in [1.165, 1.54) is 18.5 Å². The molecule has 0 fully saturated rings. The maximum atomic E-state index is 13.4. The molecule has 22 heavy (non-hydrogen) atoms. The third kappa shape index (κ3) is 3.38. The molecule has 1 aromatic heterocycles. The van der Waals surface area contributed by atoms with Crippen LogP contribution in [-0.4, -0.2) is 27.7 Å². The maximum Gasteiger partial charge on any atom is 0.137 e. The molecule has 0 aliphatic heterocycles. The largest absolute Gasteiger partial charge is 0.391 e. The molecule has 4 nitrogen and oxygen atoms in total. The predicted octanol–water partition coefficient (Wildman–Crippen LogP) is 2.78. The number of nitrogens with zero attached hydrogens (tertiary/aromatic N) is 2. The molecule has 3 aromatic rings. The summed E-state index contributed by atoms with van der Waals surface area (Å²) in [7, 11) is 0. The first-order valence-corrected chi connectivity index (χ1v) is 7.08. The van der Waals surface area contributed by atoms with Gasteiger partial charge in [-0.25, -0.2) is 14.4 Å².